The van der Waals surface area contributed by atoms with E-state index < -0.39 is 26.6 Å². The van der Waals surface area contributed by atoms with E-state index in [2.05, 4.69) is 0 Å². The minimum atomic E-state index is -3.71. The van der Waals surface area contributed by atoms with Gasteiger partial charge in [-0.3, -0.25) is 19.5 Å². The van der Waals surface area contributed by atoms with E-state index >= 15 is 0 Å². The van der Waals surface area contributed by atoms with E-state index in [0.717, 1.165) is 10.6 Å². The van der Waals surface area contributed by atoms with Gasteiger partial charge in [0.15, 0.2) is 5.58 Å². The van der Waals surface area contributed by atoms with Crippen molar-refractivity contribution in [2.75, 3.05) is 26.2 Å². The molecule has 2 heterocycles. The molecule has 13 heteroatoms. The fourth-order valence-corrected chi connectivity index (χ4v) is 5.04. The number of amides is 1. The smallest absolute Gasteiger partial charge is 0.407 e. The molecule has 0 atom stereocenters. The summed E-state index contributed by atoms with van der Waals surface area (Å²) in [6.07, 6.45) is 0. The van der Waals surface area contributed by atoms with E-state index in [0.29, 0.717) is 5.02 Å². The Bertz CT molecular complexity index is 1360. The lowest BCUT2D eigenvalue weighted by Crippen LogP contribution is -2.51. The quantitative estimate of drug-likeness (QED) is 0.400. The molecule has 0 radical (unpaired) electrons. The maximum Gasteiger partial charge on any atom is 0.420 e. The average molecular weight is 481 g/mol. The molecule has 1 aliphatic rings. The van der Waals surface area contributed by atoms with E-state index in [1.165, 1.54) is 45.6 Å². The molecule has 1 saturated heterocycles. The zero-order chi connectivity index (χ0) is 23.0. The van der Waals surface area contributed by atoms with Crippen molar-refractivity contribution >= 4 is 44.3 Å². The lowest BCUT2D eigenvalue weighted by molar-refractivity contribution is -0.384. The summed E-state index contributed by atoms with van der Waals surface area (Å²) in [5, 5.41) is 11.3. The lowest BCUT2D eigenvalue weighted by Gasteiger charge is -2.34. The van der Waals surface area contributed by atoms with Crippen LogP contribution < -0.4 is 5.76 Å². The Kier molecular flexibility index (Phi) is 5.75. The highest BCUT2D eigenvalue weighted by molar-refractivity contribution is 7.89. The molecule has 1 aromatic heterocycles. The normalized spacial score (nSPS) is 15.2. The molecule has 4 rings (SSSR count). The molecule has 1 amide bonds. The Hall–Kier alpha value is -3.22. The third-order valence-corrected chi connectivity index (χ3v) is 7.36. The van der Waals surface area contributed by atoms with Crippen LogP contribution in [-0.2, 0) is 21.4 Å². The number of halogens is 1. The standard InChI is InChI=1S/C19H17ClN4O7S/c20-13-1-4-15(5-2-13)32(29,30)22-9-7-21(8-10-22)18(25)12-23-16-6-3-14(24(27)28)11-17(16)31-19(23)26/h1-6,11H,7-10,12H2. The van der Waals surface area contributed by atoms with Gasteiger partial charge in [-0.05, 0) is 30.3 Å². The Morgan fingerprint density at radius 2 is 1.75 bits per heavy atom. The zero-order valence-electron chi connectivity index (χ0n) is 16.5. The van der Waals surface area contributed by atoms with Gasteiger partial charge >= 0.3 is 5.76 Å². The summed E-state index contributed by atoms with van der Waals surface area (Å²) >= 11 is 5.82. The van der Waals surface area contributed by atoms with Crippen LogP contribution >= 0.6 is 11.6 Å². The number of hydrogen-bond donors (Lipinski definition) is 0. The van der Waals surface area contributed by atoms with Crippen molar-refractivity contribution in [3.8, 4) is 0 Å². The van der Waals surface area contributed by atoms with E-state index in [1.54, 1.807) is 0 Å². The molecule has 0 spiro atoms. The van der Waals surface area contributed by atoms with Crippen LogP contribution in [0.3, 0.4) is 0 Å². The van der Waals surface area contributed by atoms with Gasteiger partial charge in [-0.1, -0.05) is 11.6 Å². The molecule has 0 unspecified atom stereocenters. The van der Waals surface area contributed by atoms with Gasteiger partial charge in [0.1, 0.15) is 6.54 Å². The monoisotopic (exact) mass is 480 g/mol. The number of nitrogens with zero attached hydrogens (tertiary/aromatic N) is 4. The van der Waals surface area contributed by atoms with Crippen LogP contribution in [0.5, 0.6) is 0 Å². The number of carbonyl (C=O) groups excluding carboxylic acids is 1. The van der Waals surface area contributed by atoms with Crippen molar-refractivity contribution in [3.63, 3.8) is 0 Å². The summed E-state index contributed by atoms with van der Waals surface area (Å²) < 4.78 is 33.0. The Morgan fingerprint density at radius 3 is 2.38 bits per heavy atom. The summed E-state index contributed by atoms with van der Waals surface area (Å²) in [4.78, 5) is 36.8. The van der Waals surface area contributed by atoms with Crippen molar-refractivity contribution < 1.29 is 22.6 Å². The lowest BCUT2D eigenvalue weighted by atomic mass is 10.3. The van der Waals surface area contributed by atoms with Gasteiger partial charge < -0.3 is 9.32 Å². The van der Waals surface area contributed by atoms with Crippen molar-refractivity contribution in [3.05, 3.63) is 68.2 Å². The summed E-state index contributed by atoms with van der Waals surface area (Å²) in [7, 11) is -3.71. The van der Waals surface area contributed by atoms with E-state index in [1.807, 2.05) is 0 Å². The number of hydrogen-bond acceptors (Lipinski definition) is 7. The molecule has 0 N–H and O–H groups in total. The van der Waals surface area contributed by atoms with Crippen LogP contribution in [0.2, 0.25) is 5.02 Å². The Balaban J connectivity index is 1.45. The van der Waals surface area contributed by atoms with Gasteiger partial charge in [-0.2, -0.15) is 4.31 Å². The molecule has 0 aliphatic carbocycles. The van der Waals surface area contributed by atoms with Crippen molar-refractivity contribution in [1.29, 1.82) is 0 Å². The highest BCUT2D eigenvalue weighted by Crippen LogP contribution is 2.22. The number of aromatic nitrogens is 1. The van der Waals surface area contributed by atoms with Crippen molar-refractivity contribution in [1.82, 2.24) is 13.8 Å². The highest BCUT2D eigenvalue weighted by atomic mass is 35.5. The molecule has 32 heavy (non-hydrogen) atoms. The van der Waals surface area contributed by atoms with Crippen LogP contribution in [0.1, 0.15) is 0 Å². The number of nitro benzene ring substituents is 1. The minimum absolute atomic E-state index is 0.0101. The fourth-order valence-electron chi connectivity index (χ4n) is 3.49. The molecular formula is C19H17ClN4O7S. The number of oxazole rings is 1. The largest absolute Gasteiger partial charge is 0.420 e. The number of fused-ring (bicyclic) bond motifs is 1. The predicted molar refractivity (Wildman–Crippen MR) is 114 cm³/mol. The van der Waals surface area contributed by atoms with E-state index in [-0.39, 0.29) is 54.4 Å². The maximum absolute atomic E-state index is 12.8. The van der Waals surface area contributed by atoms with Crippen molar-refractivity contribution in [2.45, 2.75) is 11.4 Å². The van der Waals surface area contributed by atoms with Gasteiger partial charge in [0.05, 0.1) is 21.4 Å². The Labute approximate surface area is 186 Å². The van der Waals surface area contributed by atoms with Crippen LogP contribution in [-0.4, -0.2) is 59.2 Å². The van der Waals surface area contributed by atoms with E-state index in [4.69, 9.17) is 16.0 Å². The number of carbonyl (C=O) groups is 1. The molecule has 1 fully saturated rings. The number of nitro groups is 1. The number of rotatable bonds is 5. The van der Waals surface area contributed by atoms with Crippen LogP contribution in [0.25, 0.3) is 11.1 Å². The molecule has 11 nitrogen and oxygen atoms in total. The van der Waals surface area contributed by atoms with Crippen molar-refractivity contribution in [2.24, 2.45) is 0 Å². The van der Waals surface area contributed by atoms with Gasteiger partial charge in [-0.25, -0.2) is 13.2 Å². The second kappa shape index (κ2) is 8.37. The third kappa shape index (κ3) is 4.11. The first-order chi connectivity index (χ1) is 15.2. The second-order valence-electron chi connectivity index (χ2n) is 7.10. The van der Waals surface area contributed by atoms with Gasteiger partial charge in [0, 0.05) is 37.3 Å². The van der Waals surface area contributed by atoms with Crippen LogP contribution in [0, 0.1) is 10.1 Å². The Morgan fingerprint density at radius 1 is 1.09 bits per heavy atom. The predicted octanol–water partition coefficient (Wildman–Crippen LogP) is 1.69. The molecule has 3 aromatic rings. The second-order valence-corrected chi connectivity index (χ2v) is 9.48. The molecule has 168 valence electrons. The first-order valence-electron chi connectivity index (χ1n) is 9.48. The zero-order valence-corrected chi connectivity index (χ0v) is 18.1. The van der Waals surface area contributed by atoms with E-state index in [9.17, 15) is 28.1 Å². The third-order valence-electron chi connectivity index (χ3n) is 5.20. The van der Waals surface area contributed by atoms with Crippen LogP contribution in [0.4, 0.5) is 5.69 Å². The topological polar surface area (TPSA) is 136 Å². The summed E-state index contributed by atoms with van der Waals surface area (Å²) in [5.41, 5.74) is 0.0384. The SMILES string of the molecule is O=C(Cn1c(=O)oc2cc([N+](=O)[O-])ccc21)N1CCN(S(=O)(=O)c2ccc(Cl)cc2)CC1. The maximum atomic E-state index is 12.8. The van der Waals surface area contributed by atoms with Gasteiger partial charge in [0.25, 0.3) is 5.69 Å². The number of benzene rings is 2. The molecule has 0 saturated carbocycles. The molecular weight excluding hydrogens is 464 g/mol. The summed E-state index contributed by atoms with van der Waals surface area (Å²) in [6.45, 7) is 0.185. The number of sulfonamides is 1. The first-order valence-corrected chi connectivity index (χ1v) is 11.3. The highest BCUT2D eigenvalue weighted by Gasteiger charge is 2.30. The summed E-state index contributed by atoms with van der Waals surface area (Å²) in [5.74, 6) is -1.20. The van der Waals surface area contributed by atoms with Gasteiger partial charge in [0.2, 0.25) is 15.9 Å². The molecule has 2 aromatic carbocycles. The first kappa shape index (κ1) is 22.0. The van der Waals surface area contributed by atoms with Crippen LogP contribution in [0.15, 0.2) is 56.6 Å². The minimum Gasteiger partial charge on any atom is -0.407 e. The average Bonchev–Trinajstić information content (AvgIpc) is 3.08. The molecule has 1 aliphatic heterocycles. The summed E-state index contributed by atoms with van der Waals surface area (Å²) in [6, 6.07) is 9.54. The fraction of sp³-hybridized carbons (Fsp3) is 0.263. The molecule has 0 bridgehead atoms. The number of piperazine rings is 1. The number of non-ortho nitro benzene ring substituents is 1. The van der Waals surface area contributed by atoms with Gasteiger partial charge in [-0.15, -0.1) is 0 Å².